The van der Waals surface area contributed by atoms with Crippen LogP contribution in [0.4, 0.5) is 5.82 Å². The van der Waals surface area contributed by atoms with Gasteiger partial charge in [-0.05, 0) is 13.8 Å². The van der Waals surface area contributed by atoms with Crippen LogP contribution in [0.1, 0.15) is 13.8 Å². The third-order valence-electron chi connectivity index (χ3n) is 2.92. The van der Waals surface area contributed by atoms with Gasteiger partial charge in [-0.1, -0.05) is 0 Å². The molecule has 0 spiro atoms. The van der Waals surface area contributed by atoms with E-state index in [-0.39, 0.29) is 5.54 Å². The lowest BCUT2D eigenvalue weighted by Crippen LogP contribution is -2.47. The first-order chi connectivity index (χ1) is 7.56. The number of nitrogens with two attached hydrogens (primary N) is 1. The molecule has 0 amide bonds. The number of anilines is 1. The standard InChI is InChI=1S/C10H16N6/c1-10(2,6-11)15(3)8-9-14-13-7-16(9)5-4-12-8/h4-5,7H,6,11H2,1-3H3. The Labute approximate surface area is 94.1 Å². The minimum atomic E-state index is -0.166. The zero-order valence-corrected chi connectivity index (χ0v) is 9.75. The van der Waals surface area contributed by atoms with Gasteiger partial charge >= 0.3 is 0 Å². The Hall–Kier alpha value is -1.69. The van der Waals surface area contributed by atoms with E-state index in [2.05, 4.69) is 29.0 Å². The van der Waals surface area contributed by atoms with Crippen LogP contribution in [0.15, 0.2) is 18.7 Å². The molecule has 0 bridgehead atoms. The summed E-state index contributed by atoms with van der Waals surface area (Å²) in [7, 11) is 1.96. The predicted octanol–water partition coefficient (Wildman–Crippen LogP) is 0.298. The molecule has 2 rings (SSSR count). The largest absolute Gasteiger partial charge is 0.350 e. The van der Waals surface area contributed by atoms with Crippen LogP contribution in [0.3, 0.4) is 0 Å². The van der Waals surface area contributed by atoms with Crippen LogP contribution in [0.25, 0.3) is 5.65 Å². The summed E-state index contributed by atoms with van der Waals surface area (Å²) in [5.74, 6) is 0.787. The van der Waals surface area contributed by atoms with E-state index in [0.29, 0.717) is 6.54 Å². The van der Waals surface area contributed by atoms with Crippen molar-refractivity contribution < 1.29 is 0 Å². The van der Waals surface area contributed by atoms with E-state index in [1.54, 1.807) is 12.5 Å². The van der Waals surface area contributed by atoms with E-state index in [1.165, 1.54) is 0 Å². The van der Waals surface area contributed by atoms with Crippen molar-refractivity contribution in [1.82, 2.24) is 19.6 Å². The van der Waals surface area contributed by atoms with Crippen LogP contribution in [0.2, 0.25) is 0 Å². The smallest absolute Gasteiger partial charge is 0.203 e. The molecule has 0 radical (unpaired) electrons. The number of likely N-dealkylation sites (N-methyl/N-ethyl adjacent to an activating group) is 1. The van der Waals surface area contributed by atoms with E-state index < -0.39 is 0 Å². The Bertz CT molecular complexity index is 489. The molecule has 6 nitrogen and oxygen atoms in total. The second kappa shape index (κ2) is 3.71. The highest BCUT2D eigenvalue weighted by atomic mass is 15.3. The topological polar surface area (TPSA) is 72.3 Å². The van der Waals surface area contributed by atoms with Crippen LogP contribution >= 0.6 is 0 Å². The lowest BCUT2D eigenvalue weighted by Gasteiger charge is -2.35. The molecule has 6 heteroatoms. The van der Waals surface area contributed by atoms with Gasteiger partial charge in [0.2, 0.25) is 5.65 Å². The van der Waals surface area contributed by atoms with Gasteiger partial charge in [-0.25, -0.2) is 4.98 Å². The number of aromatic nitrogens is 4. The molecule has 0 aliphatic heterocycles. The van der Waals surface area contributed by atoms with Gasteiger partial charge in [0.25, 0.3) is 0 Å². The lowest BCUT2D eigenvalue weighted by molar-refractivity contribution is 0.495. The van der Waals surface area contributed by atoms with Crippen LogP contribution < -0.4 is 10.6 Å². The van der Waals surface area contributed by atoms with E-state index in [9.17, 15) is 0 Å². The van der Waals surface area contributed by atoms with Gasteiger partial charge in [-0.2, -0.15) is 0 Å². The number of hydrogen-bond acceptors (Lipinski definition) is 5. The van der Waals surface area contributed by atoms with Crippen molar-refractivity contribution in [3.05, 3.63) is 18.7 Å². The summed E-state index contributed by atoms with van der Waals surface area (Å²) in [6, 6.07) is 0. The molecule has 0 aliphatic rings. The highest BCUT2D eigenvalue weighted by molar-refractivity contribution is 5.63. The molecule has 86 valence electrons. The Morgan fingerprint density at radius 3 is 2.94 bits per heavy atom. The lowest BCUT2D eigenvalue weighted by atomic mass is 10.0. The Kier molecular flexibility index (Phi) is 2.51. The molecule has 0 atom stereocenters. The maximum Gasteiger partial charge on any atom is 0.203 e. The average Bonchev–Trinajstić information content (AvgIpc) is 2.75. The summed E-state index contributed by atoms with van der Waals surface area (Å²) in [5, 5.41) is 7.92. The minimum absolute atomic E-state index is 0.166. The molecule has 0 aliphatic carbocycles. The first-order valence-corrected chi connectivity index (χ1v) is 5.14. The van der Waals surface area contributed by atoms with Crippen molar-refractivity contribution in [2.75, 3.05) is 18.5 Å². The van der Waals surface area contributed by atoms with Gasteiger partial charge in [0, 0.05) is 31.5 Å². The second-order valence-corrected chi connectivity index (χ2v) is 4.39. The van der Waals surface area contributed by atoms with Crippen molar-refractivity contribution in [3.8, 4) is 0 Å². The molecule has 0 saturated carbocycles. The zero-order valence-electron chi connectivity index (χ0n) is 9.75. The maximum absolute atomic E-state index is 5.75. The highest BCUT2D eigenvalue weighted by Gasteiger charge is 2.25. The molecule has 16 heavy (non-hydrogen) atoms. The molecule has 2 aromatic rings. The fourth-order valence-corrected chi connectivity index (χ4v) is 1.41. The van der Waals surface area contributed by atoms with Gasteiger partial charge in [0.05, 0.1) is 0 Å². The minimum Gasteiger partial charge on any atom is -0.350 e. The molecule has 2 aromatic heterocycles. The zero-order chi connectivity index (χ0) is 11.8. The van der Waals surface area contributed by atoms with Gasteiger partial charge < -0.3 is 10.6 Å². The summed E-state index contributed by atoms with van der Waals surface area (Å²) < 4.78 is 1.84. The fourth-order valence-electron chi connectivity index (χ4n) is 1.41. The summed E-state index contributed by atoms with van der Waals surface area (Å²) in [6.07, 6.45) is 5.21. The predicted molar refractivity (Wildman–Crippen MR) is 62.3 cm³/mol. The molecule has 0 fully saturated rings. The monoisotopic (exact) mass is 220 g/mol. The van der Waals surface area contributed by atoms with E-state index in [1.807, 2.05) is 22.5 Å². The molecule has 0 aromatic carbocycles. The maximum atomic E-state index is 5.75. The van der Waals surface area contributed by atoms with Crippen molar-refractivity contribution in [3.63, 3.8) is 0 Å². The van der Waals surface area contributed by atoms with Crippen molar-refractivity contribution in [2.24, 2.45) is 5.73 Å². The molecule has 2 heterocycles. The van der Waals surface area contributed by atoms with Crippen LogP contribution in [-0.4, -0.2) is 38.7 Å². The third kappa shape index (κ3) is 1.61. The fraction of sp³-hybridized carbons (Fsp3) is 0.500. The van der Waals surface area contributed by atoms with Crippen LogP contribution in [-0.2, 0) is 0 Å². The van der Waals surface area contributed by atoms with E-state index >= 15 is 0 Å². The average molecular weight is 220 g/mol. The van der Waals surface area contributed by atoms with Crippen molar-refractivity contribution in [2.45, 2.75) is 19.4 Å². The highest BCUT2D eigenvalue weighted by Crippen LogP contribution is 2.22. The third-order valence-corrected chi connectivity index (χ3v) is 2.92. The number of rotatable bonds is 3. The quantitative estimate of drug-likeness (QED) is 0.805. The van der Waals surface area contributed by atoms with Gasteiger partial charge in [-0.3, -0.25) is 4.40 Å². The summed E-state index contributed by atoms with van der Waals surface area (Å²) in [6.45, 7) is 4.67. The summed E-state index contributed by atoms with van der Waals surface area (Å²) >= 11 is 0. The van der Waals surface area contributed by atoms with Crippen LogP contribution in [0.5, 0.6) is 0 Å². The van der Waals surface area contributed by atoms with Crippen LogP contribution in [0, 0.1) is 0 Å². The van der Waals surface area contributed by atoms with E-state index in [4.69, 9.17) is 5.73 Å². The van der Waals surface area contributed by atoms with Crippen molar-refractivity contribution >= 4 is 11.5 Å². The second-order valence-electron chi connectivity index (χ2n) is 4.39. The molecule has 2 N–H and O–H groups in total. The van der Waals surface area contributed by atoms with Gasteiger partial charge in [0.1, 0.15) is 6.33 Å². The Morgan fingerprint density at radius 1 is 1.50 bits per heavy atom. The summed E-state index contributed by atoms with van der Waals surface area (Å²) in [5.41, 5.74) is 6.33. The molecular formula is C10H16N6. The van der Waals surface area contributed by atoms with Crippen molar-refractivity contribution in [1.29, 1.82) is 0 Å². The number of hydrogen-bond donors (Lipinski definition) is 1. The van der Waals surface area contributed by atoms with Gasteiger partial charge in [-0.15, -0.1) is 10.2 Å². The molecular weight excluding hydrogens is 204 g/mol. The first-order valence-electron chi connectivity index (χ1n) is 5.14. The first kappa shape index (κ1) is 10.8. The Morgan fingerprint density at radius 2 is 2.25 bits per heavy atom. The normalized spacial score (nSPS) is 12.0. The Balaban J connectivity index is 2.51. The SMILES string of the molecule is CN(c1nccn2cnnc12)C(C)(C)CN. The van der Waals surface area contributed by atoms with E-state index in [0.717, 1.165) is 11.5 Å². The number of fused-ring (bicyclic) bond motifs is 1. The molecule has 0 saturated heterocycles. The van der Waals surface area contributed by atoms with Gasteiger partial charge in [0.15, 0.2) is 5.82 Å². The molecule has 0 unspecified atom stereocenters. The summed E-state index contributed by atoms with van der Waals surface area (Å²) in [4.78, 5) is 6.37. The number of nitrogens with zero attached hydrogens (tertiary/aromatic N) is 5.